The first-order valence-corrected chi connectivity index (χ1v) is 8.35. The Morgan fingerprint density at radius 2 is 1.96 bits per heavy atom. The Bertz CT molecular complexity index is 655. The molecule has 0 fully saturated rings. The Morgan fingerprint density at radius 1 is 1.22 bits per heavy atom. The monoisotopic (exact) mass is 332 g/mol. The van der Waals surface area contributed by atoms with E-state index in [4.69, 9.17) is 5.11 Å². The van der Waals surface area contributed by atoms with Gasteiger partial charge in [-0.1, -0.05) is 30.3 Å². The molecule has 1 atom stereocenters. The third kappa shape index (κ3) is 5.75. The predicted molar refractivity (Wildman–Crippen MR) is 92.0 cm³/mol. The Balaban J connectivity index is 1.97. The average Bonchev–Trinajstić information content (AvgIpc) is 2.91. The molecule has 2 rings (SSSR count). The van der Waals surface area contributed by atoms with E-state index in [9.17, 15) is 9.59 Å². The van der Waals surface area contributed by atoms with Crippen LogP contribution in [-0.2, 0) is 11.2 Å². The highest BCUT2D eigenvalue weighted by Crippen LogP contribution is 2.19. The highest BCUT2D eigenvalue weighted by molar-refractivity contribution is 7.08. The van der Waals surface area contributed by atoms with Crippen molar-refractivity contribution in [1.82, 2.24) is 5.32 Å². The number of nitrogens with one attached hydrogen (secondary N) is 2. The van der Waals surface area contributed by atoms with Gasteiger partial charge in [0.05, 0.1) is 5.69 Å². The number of rotatable bonds is 7. The fraction of sp³-hybridized carbons (Fsp3) is 0.294. The standard InChI is InChI=1S/C17H20N2O3S/c1-12-10-23-11-15(12)19-17(22)18-14(7-8-16(20)21)9-13-5-3-2-4-6-13/h2-6,10-11,14H,7-9H2,1H3,(H,20,21)(H2,18,19,22). The lowest BCUT2D eigenvalue weighted by Gasteiger charge is -2.18. The van der Waals surface area contributed by atoms with E-state index in [1.165, 1.54) is 11.3 Å². The number of benzene rings is 1. The first-order chi connectivity index (χ1) is 11.0. The van der Waals surface area contributed by atoms with Crippen molar-refractivity contribution in [2.45, 2.75) is 32.2 Å². The molecule has 0 radical (unpaired) electrons. The molecule has 122 valence electrons. The molecule has 1 aromatic carbocycles. The molecular weight excluding hydrogens is 312 g/mol. The second-order valence-corrected chi connectivity index (χ2v) is 6.13. The van der Waals surface area contributed by atoms with Crippen molar-refractivity contribution in [1.29, 1.82) is 0 Å². The molecule has 0 aliphatic rings. The average molecular weight is 332 g/mol. The van der Waals surface area contributed by atoms with Crippen LogP contribution in [0, 0.1) is 6.92 Å². The quantitative estimate of drug-likeness (QED) is 0.724. The van der Waals surface area contributed by atoms with Crippen molar-refractivity contribution >= 4 is 29.0 Å². The zero-order valence-electron chi connectivity index (χ0n) is 12.9. The number of urea groups is 1. The van der Waals surface area contributed by atoms with E-state index >= 15 is 0 Å². The van der Waals surface area contributed by atoms with Crippen LogP contribution in [0.25, 0.3) is 0 Å². The van der Waals surface area contributed by atoms with Crippen LogP contribution >= 0.6 is 11.3 Å². The van der Waals surface area contributed by atoms with Gasteiger partial charge in [-0.3, -0.25) is 4.79 Å². The van der Waals surface area contributed by atoms with Crippen molar-refractivity contribution in [2.75, 3.05) is 5.32 Å². The number of amides is 2. The number of thiophene rings is 1. The molecule has 0 aliphatic heterocycles. The minimum Gasteiger partial charge on any atom is -0.481 e. The molecule has 2 amide bonds. The SMILES string of the molecule is Cc1cscc1NC(=O)NC(CCC(=O)O)Cc1ccccc1. The molecule has 23 heavy (non-hydrogen) atoms. The minimum atomic E-state index is -0.862. The lowest BCUT2D eigenvalue weighted by atomic mass is 10.0. The Hall–Kier alpha value is -2.34. The molecule has 1 aromatic heterocycles. The third-order valence-electron chi connectivity index (χ3n) is 3.47. The second-order valence-electron chi connectivity index (χ2n) is 5.39. The van der Waals surface area contributed by atoms with Gasteiger partial charge in [0.25, 0.3) is 0 Å². The summed E-state index contributed by atoms with van der Waals surface area (Å²) >= 11 is 1.52. The summed E-state index contributed by atoms with van der Waals surface area (Å²) in [7, 11) is 0. The number of carbonyl (C=O) groups excluding carboxylic acids is 1. The molecule has 0 bridgehead atoms. The first-order valence-electron chi connectivity index (χ1n) is 7.40. The smallest absolute Gasteiger partial charge is 0.319 e. The Labute approximate surface area is 139 Å². The molecule has 0 saturated heterocycles. The van der Waals surface area contributed by atoms with Crippen molar-refractivity contribution in [3.05, 3.63) is 52.2 Å². The molecule has 2 aromatic rings. The van der Waals surface area contributed by atoms with E-state index in [-0.39, 0.29) is 18.5 Å². The third-order valence-corrected chi connectivity index (χ3v) is 4.33. The highest BCUT2D eigenvalue weighted by atomic mass is 32.1. The maximum absolute atomic E-state index is 12.1. The summed E-state index contributed by atoms with van der Waals surface area (Å²) in [6.45, 7) is 1.93. The first kappa shape index (κ1) is 17.0. The van der Waals surface area contributed by atoms with Gasteiger partial charge in [0.1, 0.15) is 0 Å². The summed E-state index contributed by atoms with van der Waals surface area (Å²) in [5.74, 6) is -0.862. The molecule has 3 N–H and O–H groups in total. The van der Waals surface area contributed by atoms with Gasteiger partial charge < -0.3 is 15.7 Å². The largest absolute Gasteiger partial charge is 0.481 e. The number of carboxylic acids is 1. The molecule has 0 aliphatic carbocycles. The van der Waals surface area contributed by atoms with Gasteiger partial charge in [-0.15, -0.1) is 11.3 Å². The molecule has 0 saturated carbocycles. The van der Waals surface area contributed by atoms with E-state index in [0.29, 0.717) is 12.8 Å². The van der Waals surface area contributed by atoms with Crippen LogP contribution in [-0.4, -0.2) is 23.1 Å². The summed E-state index contributed by atoms with van der Waals surface area (Å²) in [6, 6.07) is 9.18. The number of carbonyl (C=O) groups is 2. The van der Waals surface area contributed by atoms with Crippen LogP contribution in [0.3, 0.4) is 0 Å². The molecule has 0 spiro atoms. The van der Waals surface area contributed by atoms with E-state index in [1.807, 2.05) is 48.0 Å². The van der Waals surface area contributed by atoms with Crippen LogP contribution < -0.4 is 10.6 Å². The number of carboxylic acid groups (broad SMARTS) is 1. The van der Waals surface area contributed by atoms with Crippen LogP contribution in [0.1, 0.15) is 24.0 Å². The summed E-state index contributed by atoms with van der Waals surface area (Å²) in [6.07, 6.45) is 1.01. The van der Waals surface area contributed by atoms with Crippen molar-refractivity contribution in [3.8, 4) is 0 Å². The lowest BCUT2D eigenvalue weighted by molar-refractivity contribution is -0.137. The number of hydrogen-bond donors (Lipinski definition) is 3. The molecule has 1 heterocycles. The summed E-state index contributed by atoms with van der Waals surface area (Å²) in [5, 5.41) is 18.4. The van der Waals surface area contributed by atoms with Gasteiger partial charge in [-0.2, -0.15) is 0 Å². The molecule has 6 heteroatoms. The number of hydrogen-bond acceptors (Lipinski definition) is 3. The van der Waals surface area contributed by atoms with Gasteiger partial charge >= 0.3 is 12.0 Å². The van der Waals surface area contributed by atoms with E-state index in [0.717, 1.165) is 16.8 Å². The van der Waals surface area contributed by atoms with Gasteiger partial charge in [0.2, 0.25) is 0 Å². The van der Waals surface area contributed by atoms with Gasteiger partial charge in [-0.05, 0) is 36.3 Å². The molecule has 5 nitrogen and oxygen atoms in total. The van der Waals surface area contributed by atoms with E-state index in [2.05, 4.69) is 10.6 Å². The van der Waals surface area contributed by atoms with Crippen molar-refractivity contribution < 1.29 is 14.7 Å². The predicted octanol–water partition coefficient (Wildman–Crippen LogP) is 3.65. The fourth-order valence-electron chi connectivity index (χ4n) is 2.25. The topological polar surface area (TPSA) is 78.4 Å². The van der Waals surface area contributed by atoms with Crippen LogP contribution in [0.5, 0.6) is 0 Å². The van der Waals surface area contributed by atoms with Crippen LogP contribution in [0.2, 0.25) is 0 Å². The Morgan fingerprint density at radius 3 is 2.57 bits per heavy atom. The summed E-state index contributed by atoms with van der Waals surface area (Å²) < 4.78 is 0. The zero-order chi connectivity index (χ0) is 16.7. The normalized spacial score (nSPS) is 11.7. The van der Waals surface area contributed by atoms with Gasteiger partial charge in [-0.25, -0.2) is 4.79 Å². The van der Waals surface area contributed by atoms with E-state index < -0.39 is 5.97 Å². The van der Waals surface area contributed by atoms with Gasteiger partial charge in [0, 0.05) is 17.8 Å². The maximum atomic E-state index is 12.1. The van der Waals surface area contributed by atoms with E-state index in [1.54, 1.807) is 0 Å². The summed E-state index contributed by atoms with van der Waals surface area (Å²) in [4.78, 5) is 23.0. The maximum Gasteiger partial charge on any atom is 0.319 e. The minimum absolute atomic E-state index is 0.0231. The Kier molecular flexibility index (Phi) is 6.17. The number of aliphatic carboxylic acids is 1. The molecular formula is C17H20N2O3S. The lowest BCUT2D eigenvalue weighted by Crippen LogP contribution is -2.39. The second kappa shape index (κ2) is 8.33. The molecule has 1 unspecified atom stereocenters. The van der Waals surface area contributed by atoms with Gasteiger partial charge in [0.15, 0.2) is 0 Å². The highest BCUT2D eigenvalue weighted by Gasteiger charge is 2.15. The van der Waals surface area contributed by atoms with Crippen LogP contribution in [0.15, 0.2) is 41.1 Å². The van der Waals surface area contributed by atoms with Crippen molar-refractivity contribution in [3.63, 3.8) is 0 Å². The number of aryl methyl sites for hydroxylation is 1. The van der Waals surface area contributed by atoms with Crippen molar-refractivity contribution in [2.24, 2.45) is 0 Å². The summed E-state index contributed by atoms with van der Waals surface area (Å²) in [5.41, 5.74) is 2.86. The van der Waals surface area contributed by atoms with Crippen LogP contribution in [0.4, 0.5) is 10.5 Å². The fourth-order valence-corrected chi connectivity index (χ4v) is 3.03. The number of anilines is 1. The zero-order valence-corrected chi connectivity index (χ0v) is 13.7.